The van der Waals surface area contributed by atoms with E-state index in [1.165, 1.54) is 0 Å². The van der Waals surface area contributed by atoms with Gasteiger partial charge in [0, 0.05) is 4.47 Å². The van der Waals surface area contributed by atoms with Crippen LogP contribution in [0.3, 0.4) is 0 Å². The third-order valence-corrected chi connectivity index (χ3v) is 4.73. The van der Waals surface area contributed by atoms with Crippen molar-refractivity contribution in [3.8, 4) is 11.4 Å². The number of rotatable bonds is 3. The second-order valence-corrected chi connectivity index (χ2v) is 6.94. The van der Waals surface area contributed by atoms with E-state index in [2.05, 4.69) is 20.9 Å². The summed E-state index contributed by atoms with van der Waals surface area (Å²) >= 11 is 3.42. The van der Waals surface area contributed by atoms with Gasteiger partial charge in [0.25, 0.3) is 5.56 Å². The summed E-state index contributed by atoms with van der Waals surface area (Å²) in [6.45, 7) is 0. The molecule has 4 nitrogen and oxygen atoms in total. The third kappa shape index (κ3) is 3.55. The molecule has 4 aromatic rings. The van der Waals surface area contributed by atoms with Gasteiger partial charge in [-0.1, -0.05) is 46.3 Å². The highest BCUT2D eigenvalue weighted by molar-refractivity contribution is 9.10. The molecule has 1 heterocycles. The maximum absolute atomic E-state index is 13.1. The highest BCUT2D eigenvalue weighted by Crippen LogP contribution is 2.18. The van der Waals surface area contributed by atoms with Gasteiger partial charge in [-0.3, -0.25) is 9.36 Å². The van der Waals surface area contributed by atoms with Crippen LogP contribution in [0.15, 0.2) is 82.1 Å². The average molecular weight is 419 g/mol. The zero-order chi connectivity index (χ0) is 18.8. The zero-order valence-electron chi connectivity index (χ0n) is 14.2. The van der Waals surface area contributed by atoms with Crippen molar-refractivity contribution in [1.29, 1.82) is 0 Å². The van der Waals surface area contributed by atoms with E-state index in [0.717, 1.165) is 10.0 Å². The van der Waals surface area contributed by atoms with Crippen LogP contribution in [-0.4, -0.2) is 14.7 Å². The van der Waals surface area contributed by atoms with E-state index in [1.807, 2.05) is 54.6 Å². The van der Waals surface area contributed by atoms with Crippen molar-refractivity contribution in [2.24, 2.45) is 0 Å². The van der Waals surface area contributed by atoms with E-state index >= 15 is 0 Å². The summed E-state index contributed by atoms with van der Waals surface area (Å²) < 4.78 is 2.56. The van der Waals surface area contributed by atoms with Crippen LogP contribution in [0.25, 0.3) is 28.7 Å². The van der Waals surface area contributed by atoms with Crippen LogP contribution in [0, 0.1) is 0 Å². The summed E-state index contributed by atoms with van der Waals surface area (Å²) in [5.41, 5.74) is 2.14. The van der Waals surface area contributed by atoms with Crippen molar-refractivity contribution in [3.05, 3.63) is 99.0 Å². The predicted molar refractivity (Wildman–Crippen MR) is 112 cm³/mol. The number of aromatic hydroxyl groups is 1. The molecule has 27 heavy (non-hydrogen) atoms. The number of phenolic OH excluding ortho intramolecular Hbond substituents is 1. The summed E-state index contributed by atoms with van der Waals surface area (Å²) in [5.74, 6) is 0.666. The molecule has 0 aliphatic heterocycles. The molecule has 4 rings (SSSR count). The van der Waals surface area contributed by atoms with Gasteiger partial charge in [-0.25, -0.2) is 4.98 Å². The molecule has 0 radical (unpaired) electrons. The fourth-order valence-electron chi connectivity index (χ4n) is 2.86. The zero-order valence-corrected chi connectivity index (χ0v) is 15.8. The average Bonchev–Trinajstić information content (AvgIpc) is 2.69. The molecule has 1 N–H and O–H groups in total. The summed E-state index contributed by atoms with van der Waals surface area (Å²) in [5, 5.41) is 10.1. The van der Waals surface area contributed by atoms with Gasteiger partial charge >= 0.3 is 0 Å². The van der Waals surface area contributed by atoms with Gasteiger partial charge in [0.05, 0.1) is 16.6 Å². The Bertz CT molecular complexity index is 1190. The lowest BCUT2D eigenvalue weighted by Gasteiger charge is -2.11. The Hall–Kier alpha value is -3.18. The van der Waals surface area contributed by atoms with E-state index in [-0.39, 0.29) is 11.3 Å². The minimum Gasteiger partial charge on any atom is -0.508 e. The molecule has 0 saturated heterocycles. The minimum atomic E-state index is -0.151. The molecule has 5 heteroatoms. The first-order valence-corrected chi connectivity index (χ1v) is 9.16. The van der Waals surface area contributed by atoms with Crippen LogP contribution in [0.4, 0.5) is 0 Å². The summed E-state index contributed by atoms with van der Waals surface area (Å²) in [7, 11) is 0. The summed E-state index contributed by atoms with van der Waals surface area (Å²) in [6.07, 6.45) is 3.74. The largest absolute Gasteiger partial charge is 0.508 e. The first-order chi connectivity index (χ1) is 13.1. The van der Waals surface area contributed by atoms with Crippen molar-refractivity contribution in [3.63, 3.8) is 0 Å². The number of para-hydroxylation sites is 1. The van der Waals surface area contributed by atoms with Crippen molar-refractivity contribution in [2.45, 2.75) is 0 Å². The molecule has 0 unspecified atom stereocenters. The number of halogens is 1. The number of hydrogen-bond donors (Lipinski definition) is 1. The van der Waals surface area contributed by atoms with E-state index in [9.17, 15) is 9.90 Å². The molecule has 0 aliphatic carbocycles. The van der Waals surface area contributed by atoms with E-state index in [1.54, 1.807) is 34.9 Å². The quantitative estimate of drug-likeness (QED) is 0.507. The standard InChI is InChI=1S/C22H15BrN2O2/c23-16-8-5-15(6-9-16)7-14-21-24-20-4-2-1-3-19(20)22(27)25(21)17-10-12-18(26)13-11-17/h1-14,26H/b14-7+. The number of nitrogens with zero attached hydrogens (tertiary/aromatic N) is 2. The van der Waals surface area contributed by atoms with Crippen molar-refractivity contribution >= 4 is 39.0 Å². The van der Waals surface area contributed by atoms with Gasteiger partial charge in [0.2, 0.25) is 0 Å². The van der Waals surface area contributed by atoms with Crippen molar-refractivity contribution < 1.29 is 5.11 Å². The van der Waals surface area contributed by atoms with Crippen molar-refractivity contribution in [1.82, 2.24) is 9.55 Å². The lowest BCUT2D eigenvalue weighted by Crippen LogP contribution is -2.22. The highest BCUT2D eigenvalue weighted by atomic mass is 79.9. The lowest BCUT2D eigenvalue weighted by molar-refractivity contribution is 0.475. The molecule has 0 amide bonds. The van der Waals surface area contributed by atoms with Crippen LogP contribution in [-0.2, 0) is 0 Å². The number of benzene rings is 3. The second kappa shape index (κ2) is 7.21. The van der Waals surface area contributed by atoms with Gasteiger partial charge in [0.15, 0.2) is 0 Å². The normalized spacial score (nSPS) is 11.3. The molecule has 1 aromatic heterocycles. The van der Waals surface area contributed by atoms with E-state index < -0.39 is 0 Å². The molecule has 0 aliphatic rings. The molecule has 0 spiro atoms. The van der Waals surface area contributed by atoms with E-state index in [4.69, 9.17) is 0 Å². The molecule has 0 saturated carbocycles. The molecule has 0 atom stereocenters. The van der Waals surface area contributed by atoms with Gasteiger partial charge in [0.1, 0.15) is 11.6 Å². The second-order valence-electron chi connectivity index (χ2n) is 6.03. The number of aromatic nitrogens is 2. The van der Waals surface area contributed by atoms with Crippen LogP contribution in [0.2, 0.25) is 0 Å². The first kappa shape index (κ1) is 17.2. The van der Waals surface area contributed by atoms with Gasteiger partial charge in [-0.15, -0.1) is 0 Å². The van der Waals surface area contributed by atoms with Crippen LogP contribution in [0.5, 0.6) is 5.75 Å². The van der Waals surface area contributed by atoms with Crippen LogP contribution >= 0.6 is 15.9 Å². The van der Waals surface area contributed by atoms with Crippen LogP contribution in [0.1, 0.15) is 11.4 Å². The smallest absolute Gasteiger partial charge is 0.266 e. The number of phenols is 1. The van der Waals surface area contributed by atoms with Gasteiger partial charge in [-0.2, -0.15) is 0 Å². The highest BCUT2D eigenvalue weighted by Gasteiger charge is 2.11. The fourth-order valence-corrected chi connectivity index (χ4v) is 3.12. The maximum atomic E-state index is 13.1. The Balaban J connectivity index is 1.92. The monoisotopic (exact) mass is 418 g/mol. The lowest BCUT2D eigenvalue weighted by atomic mass is 10.2. The maximum Gasteiger partial charge on any atom is 0.266 e. The third-order valence-electron chi connectivity index (χ3n) is 4.20. The van der Waals surface area contributed by atoms with Crippen molar-refractivity contribution in [2.75, 3.05) is 0 Å². The molecule has 132 valence electrons. The van der Waals surface area contributed by atoms with E-state index in [0.29, 0.717) is 22.4 Å². The minimum absolute atomic E-state index is 0.146. The molecule has 0 bridgehead atoms. The van der Waals surface area contributed by atoms with Gasteiger partial charge < -0.3 is 5.11 Å². The Morgan fingerprint density at radius 1 is 0.889 bits per heavy atom. The molecule has 3 aromatic carbocycles. The van der Waals surface area contributed by atoms with Crippen LogP contribution < -0.4 is 5.56 Å². The Kier molecular flexibility index (Phi) is 4.60. The summed E-state index contributed by atoms with van der Waals surface area (Å²) in [6, 6.07) is 21.7. The number of hydrogen-bond acceptors (Lipinski definition) is 3. The predicted octanol–water partition coefficient (Wildman–Crippen LogP) is 5.02. The molecular formula is C22H15BrN2O2. The topological polar surface area (TPSA) is 55.1 Å². The van der Waals surface area contributed by atoms with Gasteiger partial charge in [-0.05, 0) is 60.2 Å². The Labute approximate surface area is 164 Å². The Morgan fingerprint density at radius 3 is 2.33 bits per heavy atom. The summed E-state index contributed by atoms with van der Waals surface area (Å²) in [4.78, 5) is 17.8. The number of fused-ring (bicyclic) bond motifs is 1. The Morgan fingerprint density at radius 2 is 1.59 bits per heavy atom. The molecule has 0 fully saturated rings. The first-order valence-electron chi connectivity index (χ1n) is 8.37. The molecular weight excluding hydrogens is 404 g/mol. The SMILES string of the molecule is O=c1c2ccccc2nc(/C=C/c2ccc(Br)cc2)n1-c1ccc(O)cc1. The fraction of sp³-hybridized carbons (Fsp3) is 0.